The van der Waals surface area contributed by atoms with E-state index in [9.17, 15) is 4.79 Å². The number of benzene rings is 2. The summed E-state index contributed by atoms with van der Waals surface area (Å²) in [4.78, 5) is 12.2. The zero-order valence-corrected chi connectivity index (χ0v) is 12.9. The van der Waals surface area contributed by atoms with Gasteiger partial charge in [-0.2, -0.15) is 0 Å². The van der Waals surface area contributed by atoms with Crippen molar-refractivity contribution < 1.29 is 4.79 Å². The number of halogens is 1. The molecule has 1 N–H and O–H groups in total. The van der Waals surface area contributed by atoms with Crippen LogP contribution in [0.1, 0.15) is 33.8 Å². The van der Waals surface area contributed by atoms with E-state index >= 15 is 0 Å². The van der Waals surface area contributed by atoms with Crippen LogP contribution in [0.5, 0.6) is 0 Å². The first-order valence-corrected chi connectivity index (χ1v) is 7.56. The number of carbonyl (C=O) groups is 1. The highest BCUT2D eigenvalue weighted by molar-refractivity contribution is 9.10. The Hall–Kier alpha value is -1.61. The monoisotopic (exact) mass is 329 g/mol. The van der Waals surface area contributed by atoms with Gasteiger partial charge in [-0.15, -0.1) is 0 Å². The van der Waals surface area contributed by atoms with E-state index in [0.29, 0.717) is 5.92 Å². The fraction of sp³-hybridized carbons (Fsp3) is 0.235. The number of hydrogen-bond donors (Lipinski definition) is 1. The van der Waals surface area contributed by atoms with Gasteiger partial charge in [0.2, 0.25) is 0 Å². The molecule has 0 aromatic heterocycles. The smallest absolute Gasteiger partial charge is 0.251 e. The molecule has 0 spiro atoms. The van der Waals surface area contributed by atoms with Gasteiger partial charge >= 0.3 is 0 Å². The van der Waals surface area contributed by atoms with Gasteiger partial charge in [0.05, 0.1) is 0 Å². The third kappa shape index (κ3) is 2.93. The second kappa shape index (κ2) is 5.41. The van der Waals surface area contributed by atoms with Crippen molar-refractivity contribution >= 4 is 21.8 Å². The molecule has 0 saturated heterocycles. The summed E-state index contributed by atoms with van der Waals surface area (Å²) in [5.74, 6) is 0.478. The van der Waals surface area contributed by atoms with Crippen LogP contribution in [0.25, 0.3) is 0 Å². The van der Waals surface area contributed by atoms with Crippen molar-refractivity contribution in [2.75, 3.05) is 0 Å². The normalized spacial score (nSPS) is 20.5. The van der Waals surface area contributed by atoms with E-state index in [2.05, 4.69) is 33.4 Å². The van der Waals surface area contributed by atoms with Crippen molar-refractivity contribution in [3.05, 3.63) is 69.7 Å². The van der Waals surface area contributed by atoms with Crippen molar-refractivity contribution in [3.8, 4) is 0 Å². The summed E-state index contributed by atoms with van der Waals surface area (Å²) in [6, 6.07) is 16.4. The molecule has 1 fully saturated rings. The van der Waals surface area contributed by atoms with E-state index in [-0.39, 0.29) is 11.9 Å². The second-order valence-electron chi connectivity index (χ2n) is 5.35. The third-order valence-corrected chi connectivity index (χ3v) is 4.10. The highest BCUT2D eigenvalue weighted by Crippen LogP contribution is 2.40. The molecule has 1 saturated carbocycles. The summed E-state index contributed by atoms with van der Waals surface area (Å²) in [5, 5.41) is 3.11. The molecule has 0 radical (unpaired) electrons. The minimum Gasteiger partial charge on any atom is -0.349 e. The maximum atomic E-state index is 12.2. The highest BCUT2D eigenvalue weighted by atomic mass is 79.9. The minimum atomic E-state index is 0.0119. The largest absolute Gasteiger partial charge is 0.349 e. The van der Waals surface area contributed by atoms with Crippen LogP contribution in [0.15, 0.2) is 53.0 Å². The Bertz CT molecular complexity index is 618. The highest BCUT2D eigenvalue weighted by Gasteiger charge is 2.39. The average Bonchev–Trinajstić information content (AvgIpc) is 3.18. The molecule has 1 aliphatic carbocycles. The van der Waals surface area contributed by atoms with Gasteiger partial charge in [-0.25, -0.2) is 0 Å². The van der Waals surface area contributed by atoms with Crippen molar-refractivity contribution in [2.24, 2.45) is 0 Å². The van der Waals surface area contributed by atoms with Crippen LogP contribution in [-0.4, -0.2) is 11.9 Å². The van der Waals surface area contributed by atoms with Crippen molar-refractivity contribution in [3.63, 3.8) is 0 Å². The molecule has 2 nitrogen and oxygen atoms in total. The molecular formula is C17H16BrNO. The molecule has 2 aromatic rings. The molecule has 2 atom stereocenters. The summed E-state index contributed by atoms with van der Waals surface area (Å²) in [5.41, 5.74) is 3.11. The van der Waals surface area contributed by atoms with Crippen LogP contribution in [0.4, 0.5) is 0 Å². The molecule has 3 heteroatoms. The Kier molecular flexibility index (Phi) is 3.62. The molecule has 0 aliphatic heterocycles. The van der Waals surface area contributed by atoms with Gasteiger partial charge in [0.1, 0.15) is 0 Å². The van der Waals surface area contributed by atoms with E-state index in [1.807, 2.05) is 43.3 Å². The lowest BCUT2D eigenvalue weighted by atomic mass is 10.1. The topological polar surface area (TPSA) is 29.1 Å². The Morgan fingerprint density at radius 2 is 1.95 bits per heavy atom. The second-order valence-corrected chi connectivity index (χ2v) is 6.27. The summed E-state index contributed by atoms with van der Waals surface area (Å²) >= 11 is 3.43. The Labute approximate surface area is 127 Å². The standard InChI is InChI=1S/C17H16BrNO/c1-11-7-13(9-14(18)8-11)17(20)19-16-10-15(16)12-5-3-2-4-6-12/h2-9,15-16H,10H2,1H3,(H,19,20). The molecule has 2 unspecified atom stereocenters. The Morgan fingerprint density at radius 1 is 1.20 bits per heavy atom. The molecule has 2 aromatic carbocycles. The molecule has 102 valence electrons. The number of rotatable bonds is 3. The summed E-state index contributed by atoms with van der Waals surface area (Å²) in [7, 11) is 0. The van der Waals surface area contributed by atoms with E-state index in [1.54, 1.807) is 0 Å². The van der Waals surface area contributed by atoms with E-state index < -0.39 is 0 Å². The number of hydrogen-bond acceptors (Lipinski definition) is 1. The minimum absolute atomic E-state index is 0.0119. The van der Waals surface area contributed by atoms with Crippen molar-refractivity contribution in [1.82, 2.24) is 5.32 Å². The van der Waals surface area contributed by atoms with Crippen LogP contribution < -0.4 is 5.32 Å². The van der Waals surface area contributed by atoms with E-state index in [4.69, 9.17) is 0 Å². The lowest BCUT2D eigenvalue weighted by Crippen LogP contribution is -2.26. The van der Waals surface area contributed by atoms with Crippen molar-refractivity contribution in [2.45, 2.75) is 25.3 Å². The third-order valence-electron chi connectivity index (χ3n) is 3.64. The van der Waals surface area contributed by atoms with Crippen LogP contribution in [0.2, 0.25) is 0 Å². The molecule has 1 amide bonds. The van der Waals surface area contributed by atoms with Crippen LogP contribution in [0, 0.1) is 6.92 Å². The molecule has 20 heavy (non-hydrogen) atoms. The van der Waals surface area contributed by atoms with Gasteiger partial charge in [-0.3, -0.25) is 4.79 Å². The number of nitrogens with one attached hydrogen (secondary N) is 1. The fourth-order valence-corrected chi connectivity index (χ4v) is 3.15. The SMILES string of the molecule is Cc1cc(Br)cc(C(=O)NC2CC2c2ccccc2)c1. The predicted molar refractivity (Wildman–Crippen MR) is 83.9 cm³/mol. The fourth-order valence-electron chi connectivity index (χ4n) is 2.54. The van der Waals surface area contributed by atoms with Crippen LogP contribution in [0.3, 0.4) is 0 Å². The van der Waals surface area contributed by atoms with Crippen LogP contribution in [-0.2, 0) is 0 Å². The molecule has 0 heterocycles. The zero-order valence-electron chi connectivity index (χ0n) is 11.3. The van der Waals surface area contributed by atoms with Gasteiger partial charge in [-0.05, 0) is 42.7 Å². The first kappa shape index (κ1) is 13.4. The molecule has 0 bridgehead atoms. The molecular weight excluding hydrogens is 314 g/mol. The van der Waals surface area contributed by atoms with Crippen molar-refractivity contribution in [1.29, 1.82) is 0 Å². The predicted octanol–water partition coefficient (Wildman–Crippen LogP) is 4.04. The van der Waals surface area contributed by atoms with E-state index in [0.717, 1.165) is 22.0 Å². The van der Waals surface area contributed by atoms with Gasteiger partial charge in [0.25, 0.3) is 5.91 Å². The van der Waals surface area contributed by atoms with Crippen LogP contribution >= 0.6 is 15.9 Å². The van der Waals surface area contributed by atoms with Gasteiger partial charge < -0.3 is 5.32 Å². The first-order chi connectivity index (χ1) is 9.63. The van der Waals surface area contributed by atoms with Gasteiger partial charge in [0, 0.05) is 22.0 Å². The number of carbonyl (C=O) groups excluding carboxylic acids is 1. The van der Waals surface area contributed by atoms with E-state index in [1.165, 1.54) is 5.56 Å². The van der Waals surface area contributed by atoms with Gasteiger partial charge in [-0.1, -0.05) is 46.3 Å². The summed E-state index contributed by atoms with van der Waals surface area (Å²) in [6.07, 6.45) is 1.03. The lowest BCUT2D eigenvalue weighted by Gasteiger charge is -2.06. The molecule has 3 rings (SSSR count). The van der Waals surface area contributed by atoms with Gasteiger partial charge in [0.15, 0.2) is 0 Å². The first-order valence-electron chi connectivity index (χ1n) is 6.76. The lowest BCUT2D eigenvalue weighted by molar-refractivity contribution is 0.0950. The average molecular weight is 330 g/mol. The quantitative estimate of drug-likeness (QED) is 0.904. The zero-order chi connectivity index (χ0) is 14.1. The Balaban J connectivity index is 1.66. The molecule has 1 aliphatic rings. The number of amides is 1. The maximum absolute atomic E-state index is 12.2. The maximum Gasteiger partial charge on any atom is 0.251 e. The number of aryl methyl sites for hydroxylation is 1. The summed E-state index contributed by atoms with van der Waals surface area (Å²) < 4.78 is 0.943. The Morgan fingerprint density at radius 3 is 2.65 bits per heavy atom. The summed E-state index contributed by atoms with van der Waals surface area (Å²) in [6.45, 7) is 1.99.